The maximum absolute atomic E-state index is 11.9. The molecule has 0 aliphatic carbocycles. The number of anilines is 1. The summed E-state index contributed by atoms with van der Waals surface area (Å²) in [4.78, 5) is 23.4. The molecule has 1 heterocycles. The lowest BCUT2D eigenvalue weighted by molar-refractivity contribution is -0.385. The molecule has 0 spiro atoms. The van der Waals surface area contributed by atoms with Gasteiger partial charge in [0, 0.05) is 29.7 Å². The zero-order chi connectivity index (χ0) is 15.8. The average Bonchev–Trinajstić information content (AvgIpc) is 2.80. The number of carbonyl (C=O) groups excluding carboxylic acids is 1. The second kappa shape index (κ2) is 5.49. The predicted molar refractivity (Wildman–Crippen MR) is 75.2 cm³/mol. The third kappa shape index (κ3) is 3.08. The predicted octanol–water partition coefficient (Wildman–Crippen LogP) is 1.28. The molecule has 0 N–H and O–H groups in total. The molecule has 1 atom stereocenters. The highest BCUT2D eigenvalue weighted by Gasteiger charge is 2.38. The van der Waals surface area contributed by atoms with Gasteiger partial charge in [0.15, 0.2) is 5.75 Å². The van der Waals surface area contributed by atoms with Crippen molar-refractivity contribution in [1.29, 1.82) is 0 Å². The minimum Gasteiger partial charge on any atom is -0.490 e. The summed E-state index contributed by atoms with van der Waals surface area (Å²) < 4.78 is 27.4. The zero-order valence-electron chi connectivity index (χ0n) is 10.9. The first-order valence-corrected chi connectivity index (χ1v) is 8.17. The van der Waals surface area contributed by atoms with Gasteiger partial charge in [-0.2, -0.15) is 0 Å². The lowest BCUT2D eigenvalue weighted by Gasteiger charge is -2.16. The molecule has 1 aromatic rings. The number of amides is 1. The minimum atomic E-state index is -3.86. The van der Waals surface area contributed by atoms with E-state index in [1.807, 2.05) is 0 Å². The van der Waals surface area contributed by atoms with Crippen molar-refractivity contribution in [2.75, 3.05) is 18.6 Å². The van der Waals surface area contributed by atoms with Crippen LogP contribution in [0.1, 0.15) is 6.42 Å². The van der Waals surface area contributed by atoms with E-state index in [1.54, 1.807) is 0 Å². The lowest BCUT2D eigenvalue weighted by Crippen LogP contribution is -2.26. The second-order valence-corrected chi connectivity index (χ2v) is 7.33. The summed E-state index contributed by atoms with van der Waals surface area (Å²) in [6.07, 6.45) is -0.244. The lowest BCUT2D eigenvalue weighted by atomic mass is 10.2. The van der Waals surface area contributed by atoms with Crippen LogP contribution in [0.3, 0.4) is 0 Å². The van der Waals surface area contributed by atoms with E-state index in [0.29, 0.717) is 0 Å². The molecule has 8 nitrogen and oxygen atoms in total. The van der Waals surface area contributed by atoms with Gasteiger partial charge in [-0.25, -0.2) is 8.42 Å². The van der Waals surface area contributed by atoms with E-state index in [4.69, 9.17) is 15.4 Å². The molecule has 0 aromatic heterocycles. The van der Waals surface area contributed by atoms with Gasteiger partial charge in [-0.15, -0.1) is 0 Å². The number of carbonyl (C=O) groups is 1. The Hall–Kier alpha value is -1.87. The molecular formula is C11H11ClN2O6S. The fourth-order valence-corrected chi connectivity index (χ4v) is 3.13. The first-order valence-electron chi connectivity index (χ1n) is 5.80. The van der Waals surface area contributed by atoms with Crippen molar-refractivity contribution in [3.05, 3.63) is 28.3 Å². The van der Waals surface area contributed by atoms with E-state index in [-0.39, 0.29) is 30.1 Å². The Balaban J connectivity index is 2.37. The van der Waals surface area contributed by atoms with Crippen LogP contribution in [-0.4, -0.2) is 38.2 Å². The Morgan fingerprint density at radius 1 is 1.48 bits per heavy atom. The number of nitro groups is 1. The molecule has 1 aliphatic rings. The van der Waals surface area contributed by atoms with Crippen LogP contribution in [0.2, 0.25) is 0 Å². The molecule has 21 heavy (non-hydrogen) atoms. The van der Waals surface area contributed by atoms with Gasteiger partial charge in [0.25, 0.3) is 0 Å². The molecule has 2 rings (SSSR count). The molecule has 1 saturated heterocycles. The highest BCUT2D eigenvalue weighted by Crippen LogP contribution is 2.34. The molecule has 0 radical (unpaired) electrons. The second-order valence-electron chi connectivity index (χ2n) is 4.42. The van der Waals surface area contributed by atoms with Crippen molar-refractivity contribution in [3.63, 3.8) is 0 Å². The highest BCUT2D eigenvalue weighted by molar-refractivity contribution is 8.14. The maximum Gasteiger partial charge on any atom is 0.312 e. The van der Waals surface area contributed by atoms with Crippen molar-refractivity contribution in [1.82, 2.24) is 0 Å². The van der Waals surface area contributed by atoms with Gasteiger partial charge in [0.05, 0.1) is 17.7 Å². The van der Waals surface area contributed by atoms with E-state index in [2.05, 4.69) is 0 Å². The van der Waals surface area contributed by atoms with Crippen molar-refractivity contribution in [3.8, 4) is 5.75 Å². The van der Waals surface area contributed by atoms with E-state index < -0.39 is 25.1 Å². The Morgan fingerprint density at radius 3 is 2.62 bits per heavy atom. The topological polar surface area (TPSA) is 107 Å². The highest BCUT2D eigenvalue weighted by atomic mass is 35.7. The van der Waals surface area contributed by atoms with Gasteiger partial charge < -0.3 is 9.64 Å². The molecule has 1 amide bonds. The number of benzene rings is 1. The van der Waals surface area contributed by atoms with E-state index in [1.165, 1.54) is 25.3 Å². The maximum atomic E-state index is 11.9. The molecule has 1 fully saturated rings. The van der Waals surface area contributed by atoms with Gasteiger partial charge in [0.1, 0.15) is 5.25 Å². The van der Waals surface area contributed by atoms with Crippen molar-refractivity contribution >= 4 is 37.0 Å². The number of ether oxygens (including phenoxy) is 1. The minimum absolute atomic E-state index is 0.0527. The van der Waals surface area contributed by atoms with E-state index in [9.17, 15) is 23.3 Å². The molecule has 1 unspecified atom stereocenters. The summed E-state index contributed by atoms with van der Waals surface area (Å²) in [6.45, 7) is -0.131. The number of rotatable bonds is 4. The fraction of sp³-hybridized carbons (Fsp3) is 0.364. The summed E-state index contributed by atoms with van der Waals surface area (Å²) in [7, 11) is 2.68. The molecule has 0 saturated carbocycles. The fourth-order valence-electron chi connectivity index (χ4n) is 2.10. The van der Waals surface area contributed by atoms with Crippen molar-refractivity contribution in [2.24, 2.45) is 0 Å². The van der Waals surface area contributed by atoms with Crippen LogP contribution in [0.4, 0.5) is 11.4 Å². The standard InChI is InChI=1S/C11H11ClN2O6S/c1-20-10-3-2-7(4-9(10)14(16)17)13-6-8(5-11(13)15)21(12,18)19/h2-4,8H,5-6H2,1H3. The van der Waals surface area contributed by atoms with Crippen LogP contribution >= 0.6 is 10.7 Å². The number of nitro benzene ring substituents is 1. The third-order valence-electron chi connectivity index (χ3n) is 3.16. The smallest absolute Gasteiger partial charge is 0.312 e. The normalized spacial score (nSPS) is 18.9. The molecule has 10 heteroatoms. The van der Waals surface area contributed by atoms with Crippen LogP contribution in [0.5, 0.6) is 5.75 Å². The van der Waals surface area contributed by atoms with Gasteiger partial charge in [-0.05, 0) is 12.1 Å². The molecule has 0 bridgehead atoms. The van der Waals surface area contributed by atoms with E-state index in [0.717, 1.165) is 4.90 Å². The Morgan fingerprint density at radius 2 is 2.14 bits per heavy atom. The van der Waals surface area contributed by atoms with Gasteiger partial charge in [-0.1, -0.05) is 0 Å². The molecule has 1 aliphatic heterocycles. The number of hydrogen-bond acceptors (Lipinski definition) is 6. The van der Waals surface area contributed by atoms with Crippen molar-refractivity contribution in [2.45, 2.75) is 11.7 Å². The molecular weight excluding hydrogens is 324 g/mol. The summed E-state index contributed by atoms with van der Waals surface area (Å²) >= 11 is 0. The van der Waals surface area contributed by atoms with E-state index >= 15 is 0 Å². The first-order chi connectivity index (χ1) is 9.74. The van der Waals surface area contributed by atoms with Crippen molar-refractivity contribution < 1.29 is 22.9 Å². The van der Waals surface area contributed by atoms with Crippen LogP contribution in [0.25, 0.3) is 0 Å². The Bertz CT molecular complexity index is 705. The monoisotopic (exact) mass is 334 g/mol. The van der Waals surface area contributed by atoms with Gasteiger partial charge in [-0.3, -0.25) is 14.9 Å². The van der Waals surface area contributed by atoms with Crippen LogP contribution in [-0.2, 0) is 13.8 Å². The number of hydrogen-bond donors (Lipinski definition) is 0. The summed E-state index contributed by atoms with van der Waals surface area (Å²) in [6, 6.07) is 3.97. The molecule has 114 valence electrons. The molecule has 1 aromatic carbocycles. The average molecular weight is 335 g/mol. The summed E-state index contributed by atoms with van der Waals surface area (Å²) in [5.74, 6) is -0.402. The number of nitrogens with zero attached hydrogens (tertiary/aromatic N) is 2. The number of methoxy groups -OCH3 is 1. The summed E-state index contributed by atoms with van der Waals surface area (Å²) in [5, 5.41) is 9.94. The van der Waals surface area contributed by atoms with Crippen LogP contribution in [0.15, 0.2) is 18.2 Å². The Kier molecular flexibility index (Phi) is 4.06. The quantitative estimate of drug-likeness (QED) is 0.466. The first kappa shape index (κ1) is 15.5. The SMILES string of the molecule is COc1ccc(N2CC(S(=O)(=O)Cl)CC2=O)cc1[N+](=O)[O-]. The van der Waals surface area contributed by atoms with Crippen LogP contribution in [0, 0.1) is 10.1 Å². The number of halogens is 1. The Labute approximate surface area is 124 Å². The summed E-state index contributed by atoms with van der Waals surface area (Å²) in [5.41, 5.74) is -0.0738. The third-order valence-corrected chi connectivity index (χ3v) is 5.03. The van der Waals surface area contributed by atoms with Crippen LogP contribution < -0.4 is 9.64 Å². The van der Waals surface area contributed by atoms with Gasteiger partial charge >= 0.3 is 5.69 Å². The zero-order valence-corrected chi connectivity index (χ0v) is 12.4. The van der Waals surface area contributed by atoms with Gasteiger partial charge in [0.2, 0.25) is 15.0 Å². The largest absolute Gasteiger partial charge is 0.490 e.